The van der Waals surface area contributed by atoms with Crippen molar-refractivity contribution in [2.75, 3.05) is 0 Å². The van der Waals surface area contributed by atoms with Crippen LogP contribution in [0.4, 0.5) is 0 Å². The Morgan fingerprint density at radius 1 is 0.933 bits per heavy atom. The number of hydrogen-bond donors (Lipinski definition) is 0. The molecular formula is C26H22N2O2. The van der Waals surface area contributed by atoms with Crippen LogP contribution in [0.2, 0.25) is 0 Å². The van der Waals surface area contributed by atoms with Crippen molar-refractivity contribution in [2.24, 2.45) is 5.92 Å². The van der Waals surface area contributed by atoms with Gasteiger partial charge in [-0.05, 0) is 37.0 Å². The Labute approximate surface area is 175 Å². The Bertz CT molecular complexity index is 1160. The molecule has 0 unspecified atom stereocenters. The van der Waals surface area contributed by atoms with E-state index < -0.39 is 0 Å². The highest BCUT2D eigenvalue weighted by Gasteiger charge is 2.45. The molecule has 1 fully saturated rings. The van der Waals surface area contributed by atoms with Gasteiger partial charge >= 0.3 is 5.97 Å². The molecule has 0 amide bonds. The fraction of sp³-hybridized carbons (Fsp3) is 0.154. The third kappa shape index (κ3) is 3.64. The number of rotatable bonds is 5. The number of nitrogens with zero attached hydrogens (tertiary/aromatic N) is 2. The molecule has 0 saturated heterocycles. The zero-order chi connectivity index (χ0) is 20.5. The molecule has 0 spiro atoms. The molecule has 148 valence electrons. The molecule has 0 N–H and O–H groups in total. The third-order valence-electron chi connectivity index (χ3n) is 5.55. The van der Waals surface area contributed by atoms with Gasteiger partial charge in [0.05, 0.1) is 17.3 Å². The predicted molar refractivity (Wildman–Crippen MR) is 117 cm³/mol. The van der Waals surface area contributed by atoms with Crippen LogP contribution in [-0.2, 0) is 4.79 Å². The van der Waals surface area contributed by atoms with Gasteiger partial charge in [0.15, 0.2) is 0 Å². The number of ether oxygens (including phenoxy) is 1. The van der Waals surface area contributed by atoms with E-state index >= 15 is 0 Å². The van der Waals surface area contributed by atoms with E-state index in [0.29, 0.717) is 5.88 Å². The van der Waals surface area contributed by atoms with Crippen LogP contribution >= 0.6 is 0 Å². The summed E-state index contributed by atoms with van der Waals surface area (Å²) < 4.78 is 7.58. The highest BCUT2D eigenvalue weighted by atomic mass is 16.5. The average Bonchev–Trinajstić information content (AvgIpc) is 3.50. The van der Waals surface area contributed by atoms with E-state index in [1.807, 2.05) is 85.8 Å². The summed E-state index contributed by atoms with van der Waals surface area (Å²) in [5.41, 5.74) is 4.97. The minimum Gasteiger partial charge on any atom is -0.407 e. The number of carbonyl (C=O) groups excluding carboxylic acids is 1. The van der Waals surface area contributed by atoms with E-state index in [1.54, 1.807) is 4.68 Å². The van der Waals surface area contributed by atoms with Crippen LogP contribution < -0.4 is 4.74 Å². The third-order valence-corrected chi connectivity index (χ3v) is 5.55. The lowest BCUT2D eigenvalue weighted by molar-refractivity contribution is -0.136. The van der Waals surface area contributed by atoms with E-state index in [4.69, 9.17) is 9.84 Å². The first-order valence-electron chi connectivity index (χ1n) is 10.2. The SMILES string of the molecule is Cc1ccc(-n2nc(-c3ccccc3)cc2OC(=O)[C@@H]2C[C@@H]2c2ccccc2)cc1. The summed E-state index contributed by atoms with van der Waals surface area (Å²) >= 11 is 0. The number of aryl methyl sites for hydroxylation is 1. The predicted octanol–water partition coefficient (Wildman–Crippen LogP) is 5.56. The molecular weight excluding hydrogens is 372 g/mol. The van der Waals surface area contributed by atoms with E-state index in [0.717, 1.165) is 28.9 Å². The van der Waals surface area contributed by atoms with Gasteiger partial charge in [-0.3, -0.25) is 4.79 Å². The van der Waals surface area contributed by atoms with E-state index in [9.17, 15) is 4.79 Å². The van der Waals surface area contributed by atoms with Crippen molar-refractivity contribution in [1.29, 1.82) is 0 Å². The molecule has 0 aliphatic heterocycles. The Morgan fingerprint density at radius 2 is 1.60 bits per heavy atom. The lowest BCUT2D eigenvalue weighted by Gasteiger charge is -2.08. The summed E-state index contributed by atoms with van der Waals surface area (Å²) in [5.74, 6) is 0.384. The summed E-state index contributed by atoms with van der Waals surface area (Å²) in [4.78, 5) is 12.9. The van der Waals surface area contributed by atoms with Gasteiger partial charge in [0.25, 0.3) is 0 Å². The van der Waals surface area contributed by atoms with Crippen LogP contribution in [0.15, 0.2) is 91.0 Å². The maximum atomic E-state index is 12.9. The average molecular weight is 394 g/mol. The fourth-order valence-corrected chi connectivity index (χ4v) is 3.76. The second kappa shape index (κ2) is 7.64. The van der Waals surface area contributed by atoms with Crippen molar-refractivity contribution in [2.45, 2.75) is 19.3 Å². The van der Waals surface area contributed by atoms with Gasteiger partial charge in [-0.15, -0.1) is 0 Å². The number of carbonyl (C=O) groups is 1. The molecule has 1 heterocycles. The van der Waals surface area contributed by atoms with Gasteiger partial charge in [0.2, 0.25) is 5.88 Å². The summed E-state index contributed by atoms with van der Waals surface area (Å²) in [7, 11) is 0. The summed E-state index contributed by atoms with van der Waals surface area (Å²) in [5, 5.41) is 4.73. The molecule has 0 radical (unpaired) electrons. The largest absolute Gasteiger partial charge is 0.407 e. The smallest absolute Gasteiger partial charge is 0.316 e. The first-order chi connectivity index (χ1) is 14.7. The summed E-state index contributed by atoms with van der Waals surface area (Å²) in [6.07, 6.45) is 0.826. The van der Waals surface area contributed by atoms with Crippen LogP contribution in [0.5, 0.6) is 5.88 Å². The van der Waals surface area contributed by atoms with Gasteiger partial charge in [0, 0.05) is 11.6 Å². The minimum absolute atomic E-state index is 0.103. The van der Waals surface area contributed by atoms with Crippen LogP contribution in [0, 0.1) is 12.8 Å². The van der Waals surface area contributed by atoms with Gasteiger partial charge in [0.1, 0.15) is 0 Å². The van der Waals surface area contributed by atoms with E-state index in [1.165, 1.54) is 5.56 Å². The molecule has 30 heavy (non-hydrogen) atoms. The Morgan fingerprint density at radius 3 is 2.30 bits per heavy atom. The van der Waals surface area contributed by atoms with Gasteiger partial charge in [-0.25, -0.2) is 4.68 Å². The summed E-state index contributed by atoms with van der Waals surface area (Å²) in [6.45, 7) is 2.04. The molecule has 1 saturated carbocycles. The molecule has 1 aliphatic rings. The van der Waals surface area contributed by atoms with E-state index in [2.05, 4.69) is 12.1 Å². The Hall–Kier alpha value is -3.66. The lowest BCUT2D eigenvalue weighted by atomic mass is 10.1. The Kier molecular flexibility index (Phi) is 4.68. The van der Waals surface area contributed by atoms with Crippen molar-refractivity contribution in [3.8, 4) is 22.8 Å². The topological polar surface area (TPSA) is 44.1 Å². The van der Waals surface area contributed by atoms with Crippen molar-refractivity contribution in [1.82, 2.24) is 9.78 Å². The van der Waals surface area contributed by atoms with Crippen LogP contribution in [0.25, 0.3) is 16.9 Å². The van der Waals surface area contributed by atoms with Gasteiger partial charge in [-0.2, -0.15) is 5.10 Å². The zero-order valence-corrected chi connectivity index (χ0v) is 16.7. The molecule has 4 nitrogen and oxygen atoms in total. The first-order valence-corrected chi connectivity index (χ1v) is 10.2. The molecule has 4 heteroatoms. The van der Waals surface area contributed by atoms with Crippen molar-refractivity contribution < 1.29 is 9.53 Å². The quantitative estimate of drug-likeness (QED) is 0.417. The molecule has 3 aromatic carbocycles. The number of hydrogen-bond acceptors (Lipinski definition) is 3. The zero-order valence-electron chi connectivity index (χ0n) is 16.7. The normalized spacial score (nSPS) is 17.5. The summed E-state index contributed by atoms with van der Waals surface area (Å²) in [6, 6.07) is 29.9. The number of esters is 1. The molecule has 1 aliphatic carbocycles. The first kappa shape index (κ1) is 18.4. The molecule has 1 aromatic heterocycles. The van der Waals surface area contributed by atoms with Crippen LogP contribution in [0.3, 0.4) is 0 Å². The minimum atomic E-state index is -0.197. The second-order valence-electron chi connectivity index (χ2n) is 7.76. The number of aromatic nitrogens is 2. The maximum Gasteiger partial charge on any atom is 0.316 e. The lowest BCUT2D eigenvalue weighted by Crippen LogP contribution is -2.14. The second-order valence-corrected chi connectivity index (χ2v) is 7.76. The standard InChI is InChI=1S/C26H22N2O2/c1-18-12-14-21(15-13-18)28-25(17-24(27-28)20-10-6-3-7-11-20)30-26(29)23-16-22(23)19-8-4-2-5-9-19/h2-15,17,22-23H,16H2,1H3/t22-,23-/m1/s1. The van der Waals surface area contributed by atoms with Crippen molar-refractivity contribution in [3.05, 3.63) is 102 Å². The van der Waals surface area contributed by atoms with Crippen molar-refractivity contribution in [3.63, 3.8) is 0 Å². The molecule has 5 rings (SSSR count). The Balaban J connectivity index is 1.44. The molecule has 4 aromatic rings. The van der Waals surface area contributed by atoms with Crippen molar-refractivity contribution >= 4 is 5.97 Å². The van der Waals surface area contributed by atoms with Crippen LogP contribution in [0.1, 0.15) is 23.5 Å². The number of benzene rings is 3. The maximum absolute atomic E-state index is 12.9. The van der Waals surface area contributed by atoms with Gasteiger partial charge in [-0.1, -0.05) is 78.4 Å². The van der Waals surface area contributed by atoms with Crippen LogP contribution in [-0.4, -0.2) is 15.7 Å². The highest BCUT2D eigenvalue weighted by Crippen LogP contribution is 2.48. The van der Waals surface area contributed by atoms with E-state index in [-0.39, 0.29) is 17.8 Å². The van der Waals surface area contributed by atoms with Gasteiger partial charge < -0.3 is 4.74 Å². The highest BCUT2D eigenvalue weighted by molar-refractivity contribution is 5.80. The molecule has 0 bridgehead atoms. The fourth-order valence-electron chi connectivity index (χ4n) is 3.76. The molecule has 2 atom stereocenters. The monoisotopic (exact) mass is 394 g/mol.